The fourth-order valence-corrected chi connectivity index (χ4v) is 2.11. The van der Waals surface area contributed by atoms with E-state index in [1.807, 2.05) is 0 Å². The van der Waals surface area contributed by atoms with Gasteiger partial charge in [0, 0.05) is 0 Å². The first-order valence-electron chi connectivity index (χ1n) is 7.50. The average molecular weight is 257 g/mol. The molecule has 0 aliphatic carbocycles. The molecule has 0 saturated heterocycles. The number of rotatable bonds is 11. The van der Waals surface area contributed by atoms with Crippen molar-refractivity contribution >= 4 is 5.97 Å². The number of methoxy groups -OCH3 is 1. The molecule has 0 aliphatic heterocycles. The number of hydrogen-bond donors (Lipinski definition) is 1. The molecule has 0 amide bonds. The zero-order valence-electron chi connectivity index (χ0n) is 12.6. The molecule has 3 heteroatoms. The minimum absolute atomic E-state index is 0.117. The van der Waals surface area contributed by atoms with Gasteiger partial charge in [-0.25, -0.2) is 0 Å². The van der Waals surface area contributed by atoms with Gasteiger partial charge in [-0.05, 0) is 25.3 Å². The van der Waals surface area contributed by atoms with Crippen LogP contribution in [-0.2, 0) is 9.53 Å². The largest absolute Gasteiger partial charge is 0.468 e. The molecule has 0 rings (SSSR count). The van der Waals surface area contributed by atoms with E-state index in [0.717, 1.165) is 25.8 Å². The van der Waals surface area contributed by atoms with Crippen molar-refractivity contribution in [2.24, 2.45) is 5.92 Å². The Morgan fingerprint density at radius 2 is 1.72 bits per heavy atom. The zero-order valence-corrected chi connectivity index (χ0v) is 12.6. The van der Waals surface area contributed by atoms with Gasteiger partial charge >= 0.3 is 5.97 Å². The second kappa shape index (κ2) is 11.5. The van der Waals surface area contributed by atoms with Crippen LogP contribution in [0.1, 0.15) is 65.7 Å². The summed E-state index contributed by atoms with van der Waals surface area (Å²) < 4.78 is 4.86. The standard InChI is InChI=1S/C15H31NO2/c1-5-8-10-13(7-3)12-16-14(11-9-6-2)15(17)18-4/h13-14,16H,5-12H2,1-4H3. The molecule has 0 saturated carbocycles. The summed E-state index contributed by atoms with van der Waals surface area (Å²) in [5.74, 6) is 0.563. The van der Waals surface area contributed by atoms with Crippen molar-refractivity contribution in [1.29, 1.82) is 0 Å². The van der Waals surface area contributed by atoms with Crippen LogP contribution in [0.2, 0.25) is 0 Å². The molecular weight excluding hydrogens is 226 g/mol. The third-order valence-corrected chi connectivity index (χ3v) is 3.53. The third kappa shape index (κ3) is 7.70. The number of carbonyl (C=O) groups is 1. The van der Waals surface area contributed by atoms with Gasteiger partial charge < -0.3 is 10.1 Å². The lowest BCUT2D eigenvalue weighted by Gasteiger charge is -2.20. The Bertz CT molecular complexity index is 207. The molecule has 2 unspecified atom stereocenters. The molecule has 108 valence electrons. The molecule has 0 aromatic carbocycles. The maximum absolute atomic E-state index is 11.6. The Morgan fingerprint density at radius 3 is 2.22 bits per heavy atom. The van der Waals surface area contributed by atoms with Crippen LogP contribution in [0, 0.1) is 5.92 Å². The van der Waals surface area contributed by atoms with E-state index in [4.69, 9.17) is 4.74 Å². The van der Waals surface area contributed by atoms with Crippen molar-refractivity contribution in [3.63, 3.8) is 0 Å². The van der Waals surface area contributed by atoms with Gasteiger partial charge in [0.1, 0.15) is 6.04 Å². The van der Waals surface area contributed by atoms with Crippen molar-refractivity contribution in [3.8, 4) is 0 Å². The van der Waals surface area contributed by atoms with Gasteiger partial charge in [0.2, 0.25) is 0 Å². The summed E-state index contributed by atoms with van der Waals surface area (Å²) >= 11 is 0. The molecule has 0 aromatic rings. The molecule has 0 heterocycles. The fourth-order valence-electron chi connectivity index (χ4n) is 2.11. The van der Waals surface area contributed by atoms with Crippen LogP contribution in [0.15, 0.2) is 0 Å². The Kier molecular flexibility index (Phi) is 11.2. The summed E-state index contributed by atoms with van der Waals surface area (Å²) in [5, 5.41) is 3.39. The quantitative estimate of drug-likeness (QED) is 0.575. The number of ether oxygens (including phenoxy) is 1. The van der Waals surface area contributed by atoms with Gasteiger partial charge in [-0.15, -0.1) is 0 Å². The minimum atomic E-state index is -0.120. The number of hydrogen-bond acceptors (Lipinski definition) is 3. The van der Waals surface area contributed by atoms with E-state index in [0.29, 0.717) is 5.92 Å². The van der Waals surface area contributed by atoms with Gasteiger partial charge in [-0.2, -0.15) is 0 Å². The third-order valence-electron chi connectivity index (χ3n) is 3.53. The van der Waals surface area contributed by atoms with Crippen LogP contribution in [0.25, 0.3) is 0 Å². The Morgan fingerprint density at radius 1 is 1.11 bits per heavy atom. The van der Waals surface area contributed by atoms with Crippen molar-refractivity contribution in [2.75, 3.05) is 13.7 Å². The highest BCUT2D eigenvalue weighted by atomic mass is 16.5. The molecule has 0 spiro atoms. The van der Waals surface area contributed by atoms with Gasteiger partial charge in [0.15, 0.2) is 0 Å². The maximum Gasteiger partial charge on any atom is 0.322 e. The lowest BCUT2D eigenvalue weighted by molar-refractivity contribution is -0.143. The molecule has 0 fully saturated rings. The second-order valence-corrected chi connectivity index (χ2v) is 5.04. The zero-order chi connectivity index (χ0) is 13.8. The monoisotopic (exact) mass is 257 g/mol. The number of esters is 1. The molecule has 1 N–H and O–H groups in total. The lowest BCUT2D eigenvalue weighted by Crippen LogP contribution is -2.40. The predicted octanol–water partition coefficient (Wildman–Crippen LogP) is 3.52. The van der Waals surface area contributed by atoms with Crippen LogP contribution < -0.4 is 5.32 Å². The van der Waals surface area contributed by atoms with Crippen LogP contribution in [-0.4, -0.2) is 25.7 Å². The minimum Gasteiger partial charge on any atom is -0.468 e. The normalized spacial score (nSPS) is 14.2. The van der Waals surface area contributed by atoms with Crippen molar-refractivity contribution < 1.29 is 9.53 Å². The molecule has 0 radical (unpaired) electrons. The number of carbonyl (C=O) groups excluding carboxylic acids is 1. The molecule has 2 atom stereocenters. The van der Waals surface area contributed by atoms with E-state index in [9.17, 15) is 4.79 Å². The summed E-state index contributed by atoms with van der Waals surface area (Å²) in [5.41, 5.74) is 0. The predicted molar refractivity (Wildman–Crippen MR) is 76.6 cm³/mol. The van der Waals surface area contributed by atoms with Gasteiger partial charge in [0.25, 0.3) is 0 Å². The van der Waals surface area contributed by atoms with E-state index < -0.39 is 0 Å². The summed E-state index contributed by atoms with van der Waals surface area (Å²) in [6, 6.07) is -0.120. The molecule has 0 aliphatic rings. The van der Waals surface area contributed by atoms with E-state index in [1.165, 1.54) is 32.8 Å². The highest BCUT2D eigenvalue weighted by Gasteiger charge is 2.19. The average Bonchev–Trinajstić information content (AvgIpc) is 2.41. The SMILES string of the molecule is CCCCC(CC)CNC(CCCC)C(=O)OC. The fraction of sp³-hybridized carbons (Fsp3) is 0.933. The van der Waals surface area contributed by atoms with E-state index in [1.54, 1.807) is 0 Å². The number of nitrogens with one attached hydrogen (secondary N) is 1. The van der Waals surface area contributed by atoms with Crippen molar-refractivity contribution in [2.45, 2.75) is 71.8 Å². The molecule has 18 heavy (non-hydrogen) atoms. The van der Waals surface area contributed by atoms with Crippen LogP contribution in [0.5, 0.6) is 0 Å². The lowest BCUT2D eigenvalue weighted by atomic mass is 9.98. The first-order chi connectivity index (χ1) is 8.69. The van der Waals surface area contributed by atoms with Crippen molar-refractivity contribution in [1.82, 2.24) is 5.32 Å². The van der Waals surface area contributed by atoms with Crippen LogP contribution >= 0.6 is 0 Å². The Hall–Kier alpha value is -0.570. The first kappa shape index (κ1) is 17.4. The summed E-state index contributed by atoms with van der Waals surface area (Å²) in [7, 11) is 1.47. The molecular formula is C15H31NO2. The summed E-state index contributed by atoms with van der Waals surface area (Å²) in [6.45, 7) is 7.52. The second-order valence-electron chi connectivity index (χ2n) is 5.04. The molecule has 0 aromatic heterocycles. The highest BCUT2D eigenvalue weighted by molar-refractivity contribution is 5.75. The van der Waals surface area contributed by atoms with E-state index in [2.05, 4.69) is 26.1 Å². The summed E-state index contributed by atoms with van der Waals surface area (Å²) in [4.78, 5) is 11.6. The van der Waals surface area contributed by atoms with Crippen LogP contribution in [0.3, 0.4) is 0 Å². The van der Waals surface area contributed by atoms with Gasteiger partial charge in [-0.1, -0.05) is 52.9 Å². The van der Waals surface area contributed by atoms with Gasteiger partial charge in [-0.3, -0.25) is 4.79 Å². The van der Waals surface area contributed by atoms with E-state index in [-0.39, 0.29) is 12.0 Å². The topological polar surface area (TPSA) is 38.3 Å². The van der Waals surface area contributed by atoms with Crippen LogP contribution in [0.4, 0.5) is 0 Å². The van der Waals surface area contributed by atoms with E-state index >= 15 is 0 Å². The number of unbranched alkanes of at least 4 members (excludes halogenated alkanes) is 2. The Labute approximate surface area is 113 Å². The first-order valence-corrected chi connectivity index (χ1v) is 7.50. The van der Waals surface area contributed by atoms with Gasteiger partial charge in [0.05, 0.1) is 7.11 Å². The summed E-state index contributed by atoms with van der Waals surface area (Å²) in [6.07, 6.45) is 8.01. The Balaban J connectivity index is 4.08. The molecule has 0 bridgehead atoms. The maximum atomic E-state index is 11.6. The van der Waals surface area contributed by atoms with Crippen molar-refractivity contribution in [3.05, 3.63) is 0 Å². The molecule has 3 nitrogen and oxygen atoms in total. The highest BCUT2D eigenvalue weighted by Crippen LogP contribution is 2.12. The smallest absolute Gasteiger partial charge is 0.322 e.